The second-order valence-electron chi connectivity index (χ2n) is 4.48. The summed E-state index contributed by atoms with van der Waals surface area (Å²) in [6.45, 7) is 0. The number of nitriles is 1. The van der Waals surface area contributed by atoms with Gasteiger partial charge in [0.15, 0.2) is 0 Å². The van der Waals surface area contributed by atoms with Crippen molar-refractivity contribution >= 4 is 32.5 Å². The molecule has 0 spiro atoms. The third-order valence-electron chi connectivity index (χ3n) is 2.88. The van der Waals surface area contributed by atoms with Gasteiger partial charge in [-0.05, 0) is 0 Å². The molecule has 0 saturated heterocycles. The van der Waals surface area contributed by atoms with Gasteiger partial charge < -0.3 is 0 Å². The third kappa shape index (κ3) is 5.20. The Kier molecular flexibility index (Phi) is 6.48. The minimum absolute atomic E-state index is 0.0845. The van der Waals surface area contributed by atoms with E-state index in [1.54, 1.807) is 18.2 Å². The Labute approximate surface area is 141 Å². The standard InChI is InChI=1S/C17H14ClNO2Se/c18-15-8-4-7-14(11-15)17(20)21-16(12-19)22-10-9-13-5-2-1-3-6-13/h1-8,11,16H,9-10H2. The van der Waals surface area contributed by atoms with Gasteiger partial charge in [-0.1, -0.05) is 0 Å². The molecular weight excluding hydrogens is 365 g/mol. The Bertz CT molecular complexity index is 670. The number of hydrogen-bond acceptors (Lipinski definition) is 3. The van der Waals surface area contributed by atoms with Gasteiger partial charge in [-0.15, -0.1) is 0 Å². The fourth-order valence-corrected chi connectivity index (χ4v) is 3.67. The number of halogens is 1. The van der Waals surface area contributed by atoms with Crippen molar-refractivity contribution in [2.75, 3.05) is 0 Å². The monoisotopic (exact) mass is 379 g/mol. The zero-order chi connectivity index (χ0) is 15.8. The molecule has 0 aliphatic rings. The second kappa shape index (κ2) is 8.60. The van der Waals surface area contributed by atoms with Gasteiger partial charge in [0.2, 0.25) is 0 Å². The summed E-state index contributed by atoms with van der Waals surface area (Å²) in [7, 11) is 0. The van der Waals surface area contributed by atoms with Crippen LogP contribution >= 0.6 is 11.6 Å². The van der Waals surface area contributed by atoms with Crippen molar-refractivity contribution in [2.45, 2.75) is 16.7 Å². The summed E-state index contributed by atoms with van der Waals surface area (Å²) in [5.74, 6) is -0.504. The molecule has 0 aliphatic heterocycles. The molecule has 0 bridgehead atoms. The maximum absolute atomic E-state index is 12.0. The molecular formula is C17H14ClNO2Se. The van der Waals surface area contributed by atoms with E-state index in [1.165, 1.54) is 11.6 Å². The summed E-state index contributed by atoms with van der Waals surface area (Å²) in [4.78, 5) is 12.0. The predicted molar refractivity (Wildman–Crippen MR) is 87.0 cm³/mol. The van der Waals surface area contributed by atoms with E-state index in [0.29, 0.717) is 10.6 Å². The average Bonchev–Trinajstić information content (AvgIpc) is 2.54. The van der Waals surface area contributed by atoms with Gasteiger partial charge >= 0.3 is 141 Å². The van der Waals surface area contributed by atoms with Gasteiger partial charge in [0, 0.05) is 0 Å². The Balaban J connectivity index is 1.84. The Morgan fingerprint density at radius 3 is 2.68 bits per heavy atom. The first kappa shape index (κ1) is 16.6. The average molecular weight is 379 g/mol. The van der Waals surface area contributed by atoms with Gasteiger partial charge in [0.25, 0.3) is 0 Å². The summed E-state index contributed by atoms with van der Waals surface area (Å²) >= 11 is 5.76. The first-order valence-corrected chi connectivity index (χ1v) is 9.28. The summed E-state index contributed by atoms with van der Waals surface area (Å²) in [6.07, 6.45) is 0.883. The predicted octanol–water partition coefficient (Wildman–Crippen LogP) is 3.71. The van der Waals surface area contributed by atoms with E-state index in [9.17, 15) is 4.79 Å². The van der Waals surface area contributed by atoms with Crippen LogP contribution in [0.3, 0.4) is 0 Å². The van der Waals surface area contributed by atoms with E-state index in [0.717, 1.165) is 11.7 Å². The molecule has 0 radical (unpaired) electrons. The number of aryl methyl sites for hydroxylation is 1. The molecule has 0 heterocycles. The molecule has 112 valence electrons. The molecule has 0 aromatic heterocycles. The Hall–Kier alpha value is -1.79. The van der Waals surface area contributed by atoms with E-state index in [-0.39, 0.29) is 15.0 Å². The van der Waals surface area contributed by atoms with Crippen LogP contribution in [0.5, 0.6) is 0 Å². The van der Waals surface area contributed by atoms with Crippen molar-refractivity contribution < 1.29 is 9.53 Å². The second-order valence-corrected chi connectivity index (χ2v) is 7.37. The Morgan fingerprint density at radius 2 is 2.00 bits per heavy atom. The molecule has 2 aromatic rings. The quantitative estimate of drug-likeness (QED) is 0.568. The summed E-state index contributed by atoms with van der Waals surface area (Å²) in [5, 5.41) is 9.77. The number of esters is 1. The number of hydrogen-bond donors (Lipinski definition) is 0. The van der Waals surface area contributed by atoms with Crippen molar-refractivity contribution in [1.82, 2.24) is 0 Å². The van der Waals surface area contributed by atoms with Crippen molar-refractivity contribution in [2.24, 2.45) is 0 Å². The first-order chi connectivity index (χ1) is 10.7. The third-order valence-corrected chi connectivity index (χ3v) is 5.10. The van der Waals surface area contributed by atoms with Crippen molar-refractivity contribution in [3.63, 3.8) is 0 Å². The molecule has 2 aromatic carbocycles. The van der Waals surface area contributed by atoms with Crippen LogP contribution in [0.15, 0.2) is 54.6 Å². The van der Waals surface area contributed by atoms with E-state index in [2.05, 4.69) is 18.2 Å². The van der Waals surface area contributed by atoms with E-state index >= 15 is 0 Å². The van der Waals surface area contributed by atoms with Crippen molar-refractivity contribution in [3.05, 3.63) is 70.7 Å². The van der Waals surface area contributed by atoms with Crippen molar-refractivity contribution in [3.8, 4) is 6.07 Å². The van der Waals surface area contributed by atoms with Gasteiger partial charge in [-0.2, -0.15) is 0 Å². The fourth-order valence-electron chi connectivity index (χ4n) is 1.81. The van der Waals surface area contributed by atoms with Gasteiger partial charge in [0.05, 0.1) is 0 Å². The number of benzene rings is 2. The molecule has 2 rings (SSSR count). The van der Waals surface area contributed by atoms with E-state index in [1.807, 2.05) is 18.2 Å². The maximum atomic E-state index is 12.0. The summed E-state index contributed by atoms with van der Waals surface area (Å²) < 4.78 is 5.25. The van der Waals surface area contributed by atoms with Crippen LogP contribution in [0.1, 0.15) is 15.9 Å². The molecule has 1 atom stereocenters. The zero-order valence-electron chi connectivity index (χ0n) is 11.7. The van der Waals surface area contributed by atoms with Crippen LogP contribution in [0.2, 0.25) is 10.3 Å². The molecule has 0 saturated carbocycles. The van der Waals surface area contributed by atoms with Crippen LogP contribution in [0, 0.1) is 11.3 Å². The van der Waals surface area contributed by atoms with Crippen LogP contribution in [-0.4, -0.2) is 25.9 Å². The molecule has 0 aliphatic carbocycles. The molecule has 0 N–H and O–H groups in total. The molecule has 1 unspecified atom stereocenters. The van der Waals surface area contributed by atoms with Crippen LogP contribution < -0.4 is 0 Å². The number of nitrogens with zero attached hydrogens (tertiary/aromatic N) is 1. The molecule has 22 heavy (non-hydrogen) atoms. The summed E-state index contributed by atoms with van der Waals surface area (Å²) in [5.41, 5.74) is 1.59. The van der Waals surface area contributed by atoms with E-state index < -0.39 is 11.0 Å². The van der Waals surface area contributed by atoms with Gasteiger partial charge in [0.1, 0.15) is 0 Å². The number of rotatable bonds is 6. The van der Waals surface area contributed by atoms with Gasteiger partial charge in [-0.25, -0.2) is 0 Å². The van der Waals surface area contributed by atoms with Crippen molar-refractivity contribution in [1.29, 1.82) is 5.26 Å². The van der Waals surface area contributed by atoms with Crippen LogP contribution in [0.25, 0.3) is 0 Å². The van der Waals surface area contributed by atoms with Gasteiger partial charge in [-0.3, -0.25) is 0 Å². The molecule has 3 nitrogen and oxygen atoms in total. The van der Waals surface area contributed by atoms with Crippen LogP contribution in [0.4, 0.5) is 0 Å². The molecule has 0 fully saturated rings. The first-order valence-electron chi connectivity index (χ1n) is 6.71. The number of carbonyl (C=O) groups excluding carboxylic acids is 1. The van der Waals surface area contributed by atoms with Crippen LogP contribution in [-0.2, 0) is 11.2 Å². The SMILES string of the molecule is N#CC(OC(=O)c1cccc(Cl)c1)[Se]CCc1ccccc1. The number of ether oxygens (including phenoxy) is 1. The normalized spacial score (nSPS) is 11.5. The number of carbonyl (C=O) groups is 1. The molecule has 0 amide bonds. The molecule has 5 heteroatoms. The summed E-state index contributed by atoms with van der Waals surface area (Å²) in [6, 6.07) is 18.6. The Morgan fingerprint density at radius 1 is 1.23 bits per heavy atom. The topological polar surface area (TPSA) is 50.1 Å². The fraction of sp³-hybridized carbons (Fsp3) is 0.176. The minimum atomic E-state index is -0.678. The van der Waals surface area contributed by atoms with E-state index in [4.69, 9.17) is 21.6 Å². The zero-order valence-corrected chi connectivity index (χ0v) is 14.2.